The van der Waals surface area contributed by atoms with Gasteiger partial charge in [0, 0.05) is 12.6 Å². The van der Waals surface area contributed by atoms with E-state index in [2.05, 4.69) is 32.7 Å². The standard InChI is InChI=1S/C10H24N2/c1-5-6-12(4)10(8-11)7-9(2)3/h9-10H,5-8,11H2,1-4H3. The van der Waals surface area contributed by atoms with Crippen molar-refractivity contribution >= 4 is 0 Å². The third kappa shape index (κ3) is 4.73. The van der Waals surface area contributed by atoms with Gasteiger partial charge in [-0.3, -0.25) is 0 Å². The van der Waals surface area contributed by atoms with E-state index in [1.807, 2.05) is 0 Å². The molecule has 0 spiro atoms. The van der Waals surface area contributed by atoms with Crippen LogP contribution in [0.5, 0.6) is 0 Å². The lowest BCUT2D eigenvalue weighted by Crippen LogP contribution is -2.39. The van der Waals surface area contributed by atoms with E-state index in [9.17, 15) is 0 Å². The summed E-state index contributed by atoms with van der Waals surface area (Å²) in [7, 11) is 2.17. The molecule has 0 aromatic carbocycles. The normalized spacial score (nSPS) is 14.2. The Kier molecular flexibility index (Phi) is 6.39. The van der Waals surface area contributed by atoms with E-state index in [1.165, 1.54) is 12.8 Å². The fourth-order valence-corrected chi connectivity index (χ4v) is 1.54. The number of hydrogen-bond acceptors (Lipinski definition) is 2. The van der Waals surface area contributed by atoms with Gasteiger partial charge in [-0.15, -0.1) is 0 Å². The van der Waals surface area contributed by atoms with Crippen molar-refractivity contribution in [3.05, 3.63) is 0 Å². The molecule has 0 heterocycles. The Morgan fingerprint density at radius 3 is 2.25 bits per heavy atom. The van der Waals surface area contributed by atoms with Gasteiger partial charge in [0.2, 0.25) is 0 Å². The molecule has 0 saturated heterocycles. The highest BCUT2D eigenvalue weighted by Gasteiger charge is 2.12. The van der Waals surface area contributed by atoms with Crippen molar-refractivity contribution in [3.8, 4) is 0 Å². The summed E-state index contributed by atoms with van der Waals surface area (Å²) in [5, 5.41) is 0. The van der Waals surface area contributed by atoms with Crippen LogP contribution in [0.25, 0.3) is 0 Å². The first-order valence-electron chi connectivity index (χ1n) is 5.02. The minimum Gasteiger partial charge on any atom is -0.329 e. The van der Waals surface area contributed by atoms with Crippen molar-refractivity contribution < 1.29 is 0 Å². The fourth-order valence-electron chi connectivity index (χ4n) is 1.54. The van der Waals surface area contributed by atoms with Crippen molar-refractivity contribution in [3.63, 3.8) is 0 Å². The molecule has 0 saturated carbocycles. The van der Waals surface area contributed by atoms with Gasteiger partial charge in [0.1, 0.15) is 0 Å². The molecule has 0 radical (unpaired) electrons. The van der Waals surface area contributed by atoms with Gasteiger partial charge in [-0.25, -0.2) is 0 Å². The third-order valence-corrected chi connectivity index (χ3v) is 2.22. The minimum atomic E-state index is 0.574. The molecular weight excluding hydrogens is 148 g/mol. The molecule has 0 aliphatic heterocycles. The molecule has 1 unspecified atom stereocenters. The Bertz CT molecular complexity index is 102. The van der Waals surface area contributed by atoms with Crippen molar-refractivity contribution in [1.29, 1.82) is 0 Å². The average molecular weight is 172 g/mol. The molecule has 0 aliphatic carbocycles. The second kappa shape index (κ2) is 6.44. The van der Waals surface area contributed by atoms with Crippen LogP contribution in [0, 0.1) is 5.92 Å². The fraction of sp³-hybridized carbons (Fsp3) is 1.00. The summed E-state index contributed by atoms with van der Waals surface area (Å²) in [6, 6.07) is 0.574. The van der Waals surface area contributed by atoms with E-state index in [0.29, 0.717) is 6.04 Å². The van der Waals surface area contributed by atoms with Crippen LogP contribution in [0.1, 0.15) is 33.6 Å². The van der Waals surface area contributed by atoms with E-state index < -0.39 is 0 Å². The van der Waals surface area contributed by atoms with Crippen molar-refractivity contribution in [1.82, 2.24) is 4.90 Å². The molecule has 2 nitrogen and oxygen atoms in total. The highest BCUT2D eigenvalue weighted by molar-refractivity contribution is 4.70. The Labute approximate surface area is 77.1 Å². The highest BCUT2D eigenvalue weighted by Crippen LogP contribution is 2.09. The van der Waals surface area contributed by atoms with Gasteiger partial charge in [0.15, 0.2) is 0 Å². The van der Waals surface area contributed by atoms with Crippen LogP contribution >= 0.6 is 0 Å². The third-order valence-electron chi connectivity index (χ3n) is 2.22. The molecule has 74 valence electrons. The lowest BCUT2D eigenvalue weighted by Gasteiger charge is -2.27. The summed E-state index contributed by atoms with van der Waals surface area (Å²) < 4.78 is 0. The number of rotatable bonds is 6. The summed E-state index contributed by atoms with van der Waals surface area (Å²) in [6.45, 7) is 8.66. The monoisotopic (exact) mass is 172 g/mol. The van der Waals surface area contributed by atoms with Crippen LogP contribution in [-0.2, 0) is 0 Å². The van der Waals surface area contributed by atoms with Gasteiger partial charge in [-0.2, -0.15) is 0 Å². The largest absolute Gasteiger partial charge is 0.329 e. The van der Waals surface area contributed by atoms with E-state index in [0.717, 1.165) is 19.0 Å². The zero-order valence-corrected chi connectivity index (χ0v) is 9.01. The first-order chi connectivity index (χ1) is 5.61. The van der Waals surface area contributed by atoms with E-state index in [1.54, 1.807) is 0 Å². The van der Waals surface area contributed by atoms with Crippen LogP contribution in [-0.4, -0.2) is 31.1 Å². The molecule has 0 bridgehead atoms. The second-order valence-electron chi connectivity index (χ2n) is 4.00. The van der Waals surface area contributed by atoms with Crippen LogP contribution in [0.3, 0.4) is 0 Å². The zero-order chi connectivity index (χ0) is 9.56. The average Bonchev–Trinajstić information content (AvgIpc) is 2.00. The molecule has 0 rings (SSSR count). The Balaban J connectivity index is 3.78. The number of hydrogen-bond donors (Lipinski definition) is 1. The molecular formula is C10H24N2. The van der Waals surface area contributed by atoms with Crippen LogP contribution in [0.4, 0.5) is 0 Å². The molecule has 12 heavy (non-hydrogen) atoms. The van der Waals surface area contributed by atoms with Gasteiger partial charge in [0.05, 0.1) is 0 Å². The van der Waals surface area contributed by atoms with Crippen molar-refractivity contribution in [2.45, 2.75) is 39.7 Å². The molecule has 0 aliphatic rings. The Hall–Kier alpha value is -0.0800. The summed E-state index contributed by atoms with van der Waals surface area (Å²) >= 11 is 0. The maximum atomic E-state index is 5.71. The van der Waals surface area contributed by atoms with E-state index in [-0.39, 0.29) is 0 Å². The predicted octanol–water partition coefficient (Wildman–Crippen LogP) is 1.70. The molecule has 2 heteroatoms. The van der Waals surface area contributed by atoms with E-state index >= 15 is 0 Å². The zero-order valence-electron chi connectivity index (χ0n) is 9.01. The molecule has 0 aromatic rings. The van der Waals surface area contributed by atoms with Crippen molar-refractivity contribution in [2.75, 3.05) is 20.1 Å². The van der Waals surface area contributed by atoms with E-state index in [4.69, 9.17) is 5.73 Å². The molecule has 0 aromatic heterocycles. The first kappa shape index (κ1) is 11.9. The van der Waals surface area contributed by atoms with Gasteiger partial charge in [0.25, 0.3) is 0 Å². The number of likely N-dealkylation sites (N-methyl/N-ethyl adjacent to an activating group) is 1. The Morgan fingerprint density at radius 2 is 1.92 bits per heavy atom. The molecule has 1 atom stereocenters. The molecule has 0 amide bonds. The highest BCUT2D eigenvalue weighted by atomic mass is 15.1. The minimum absolute atomic E-state index is 0.574. The maximum Gasteiger partial charge on any atom is 0.0217 e. The smallest absolute Gasteiger partial charge is 0.0217 e. The summed E-state index contributed by atoms with van der Waals surface area (Å²) in [5.74, 6) is 0.748. The summed E-state index contributed by atoms with van der Waals surface area (Å²) in [5.41, 5.74) is 5.71. The first-order valence-corrected chi connectivity index (χ1v) is 5.02. The van der Waals surface area contributed by atoms with Crippen LogP contribution < -0.4 is 5.73 Å². The van der Waals surface area contributed by atoms with Gasteiger partial charge >= 0.3 is 0 Å². The van der Waals surface area contributed by atoms with Crippen molar-refractivity contribution in [2.24, 2.45) is 11.7 Å². The van der Waals surface area contributed by atoms with Gasteiger partial charge < -0.3 is 10.6 Å². The Morgan fingerprint density at radius 1 is 1.33 bits per heavy atom. The second-order valence-corrected chi connectivity index (χ2v) is 4.00. The quantitative estimate of drug-likeness (QED) is 0.661. The lowest BCUT2D eigenvalue weighted by atomic mass is 10.0. The lowest BCUT2D eigenvalue weighted by molar-refractivity contribution is 0.218. The maximum absolute atomic E-state index is 5.71. The number of nitrogens with zero attached hydrogens (tertiary/aromatic N) is 1. The number of nitrogens with two attached hydrogens (primary N) is 1. The van der Waals surface area contributed by atoms with Crippen LogP contribution in [0.15, 0.2) is 0 Å². The van der Waals surface area contributed by atoms with Gasteiger partial charge in [-0.1, -0.05) is 20.8 Å². The molecule has 2 N–H and O–H groups in total. The van der Waals surface area contributed by atoms with Gasteiger partial charge in [-0.05, 0) is 32.4 Å². The van der Waals surface area contributed by atoms with Crippen LogP contribution in [0.2, 0.25) is 0 Å². The molecule has 0 fully saturated rings. The SMILES string of the molecule is CCCN(C)C(CN)CC(C)C. The topological polar surface area (TPSA) is 29.3 Å². The predicted molar refractivity (Wildman–Crippen MR) is 55.2 cm³/mol. The summed E-state index contributed by atoms with van der Waals surface area (Å²) in [4.78, 5) is 2.38. The summed E-state index contributed by atoms with van der Waals surface area (Å²) in [6.07, 6.45) is 2.43.